The normalized spacial score (nSPS) is 23.9. The molecule has 0 aromatic heterocycles. The Morgan fingerprint density at radius 1 is 1.15 bits per heavy atom. The molecule has 2 unspecified atom stereocenters. The molecule has 0 bridgehead atoms. The molecule has 2 aromatic rings. The van der Waals surface area contributed by atoms with Crippen LogP contribution in [0.5, 0.6) is 0 Å². The SMILES string of the molecule is CC1CN(CCc2ccccc2)CCC1(C)c1cccc(NS(C)(=O)=O)c1. The van der Waals surface area contributed by atoms with E-state index in [1.807, 2.05) is 18.2 Å². The summed E-state index contributed by atoms with van der Waals surface area (Å²) >= 11 is 0. The molecular formula is C22H30N2O2S. The third kappa shape index (κ3) is 5.11. The number of piperidine rings is 1. The number of nitrogens with zero attached hydrogens (tertiary/aromatic N) is 1. The van der Waals surface area contributed by atoms with Crippen molar-refractivity contribution >= 4 is 15.7 Å². The topological polar surface area (TPSA) is 49.4 Å². The van der Waals surface area contributed by atoms with E-state index in [9.17, 15) is 8.42 Å². The zero-order chi connectivity index (χ0) is 19.5. The van der Waals surface area contributed by atoms with Gasteiger partial charge in [0.15, 0.2) is 0 Å². The van der Waals surface area contributed by atoms with Gasteiger partial charge in [-0.2, -0.15) is 0 Å². The lowest BCUT2D eigenvalue weighted by Crippen LogP contribution is -2.47. The summed E-state index contributed by atoms with van der Waals surface area (Å²) in [6.07, 6.45) is 3.35. The molecule has 0 saturated carbocycles. The van der Waals surface area contributed by atoms with Crippen LogP contribution in [0.15, 0.2) is 54.6 Å². The fraction of sp³-hybridized carbons (Fsp3) is 0.455. The summed E-state index contributed by atoms with van der Waals surface area (Å²) in [5, 5.41) is 0. The van der Waals surface area contributed by atoms with Crippen molar-refractivity contribution < 1.29 is 8.42 Å². The van der Waals surface area contributed by atoms with Gasteiger partial charge in [0, 0.05) is 18.8 Å². The summed E-state index contributed by atoms with van der Waals surface area (Å²) in [6, 6.07) is 18.5. The summed E-state index contributed by atoms with van der Waals surface area (Å²) in [4.78, 5) is 2.55. The Kier molecular flexibility index (Phi) is 5.92. The number of anilines is 1. The van der Waals surface area contributed by atoms with Crippen LogP contribution in [0.4, 0.5) is 5.69 Å². The number of likely N-dealkylation sites (tertiary alicyclic amines) is 1. The van der Waals surface area contributed by atoms with Crippen molar-refractivity contribution in [1.82, 2.24) is 4.90 Å². The molecule has 2 atom stereocenters. The molecular weight excluding hydrogens is 356 g/mol. The van der Waals surface area contributed by atoms with Crippen LogP contribution < -0.4 is 4.72 Å². The van der Waals surface area contributed by atoms with Gasteiger partial charge in [0.2, 0.25) is 10.0 Å². The second-order valence-corrected chi connectivity index (χ2v) is 9.81. The van der Waals surface area contributed by atoms with E-state index < -0.39 is 10.0 Å². The number of benzene rings is 2. The molecule has 1 aliphatic rings. The highest BCUT2D eigenvalue weighted by atomic mass is 32.2. The Bertz CT molecular complexity index is 867. The number of hydrogen-bond acceptors (Lipinski definition) is 3. The van der Waals surface area contributed by atoms with Crippen molar-refractivity contribution in [3.63, 3.8) is 0 Å². The number of sulfonamides is 1. The highest BCUT2D eigenvalue weighted by Gasteiger charge is 2.37. The van der Waals surface area contributed by atoms with Crippen LogP contribution in [0.25, 0.3) is 0 Å². The number of hydrogen-bond donors (Lipinski definition) is 1. The van der Waals surface area contributed by atoms with E-state index in [1.165, 1.54) is 17.4 Å². The van der Waals surface area contributed by atoms with E-state index in [4.69, 9.17) is 0 Å². The van der Waals surface area contributed by atoms with Gasteiger partial charge in [-0.05, 0) is 54.0 Å². The van der Waals surface area contributed by atoms with E-state index in [0.29, 0.717) is 11.6 Å². The van der Waals surface area contributed by atoms with Crippen molar-refractivity contribution in [2.24, 2.45) is 5.92 Å². The highest BCUT2D eigenvalue weighted by Crippen LogP contribution is 2.40. The van der Waals surface area contributed by atoms with Crippen molar-refractivity contribution in [2.75, 3.05) is 30.6 Å². The van der Waals surface area contributed by atoms with Gasteiger partial charge < -0.3 is 4.90 Å². The van der Waals surface area contributed by atoms with Crippen LogP contribution in [0.3, 0.4) is 0 Å². The molecule has 1 aliphatic heterocycles. The molecule has 1 N–H and O–H groups in total. The van der Waals surface area contributed by atoms with Crippen molar-refractivity contribution in [3.8, 4) is 0 Å². The molecule has 3 rings (SSSR count). The molecule has 27 heavy (non-hydrogen) atoms. The Labute approximate surface area is 163 Å². The van der Waals surface area contributed by atoms with Crippen molar-refractivity contribution in [3.05, 3.63) is 65.7 Å². The predicted molar refractivity (Wildman–Crippen MR) is 113 cm³/mol. The molecule has 0 aliphatic carbocycles. The van der Waals surface area contributed by atoms with Gasteiger partial charge in [0.25, 0.3) is 0 Å². The number of nitrogens with one attached hydrogen (secondary N) is 1. The van der Waals surface area contributed by atoms with E-state index >= 15 is 0 Å². The maximum atomic E-state index is 11.5. The van der Waals surface area contributed by atoms with Gasteiger partial charge >= 0.3 is 0 Å². The van der Waals surface area contributed by atoms with Crippen molar-refractivity contribution in [2.45, 2.75) is 32.1 Å². The lowest BCUT2D eigenvalue weighted by molar-refractivity contribution is 0.112. The zero-order valence-electron chi connectivity index (χ0n) is 16.5. The lowest BCUT2D eigenvalue weighted by Gasteiger charge is -2.45. The molecule has 4 nitrogen and oxygen atoms in total. The monoisotopic (exact) mass is 386 g/mol. The molecule has 1 saturated heterocycles. The van der Waals surface area contributed by atoms with Gasteiger partial charge in [-0.15, -0.1) is 0 Å². The molecule has 1 heterocycles. The van der Waals surface area contributed by atoms with Gasteiger partial charge in [-0.3, -0.25) is 4.72 Å². The Morgan fingerprint density at radius 3 is 2.56 bits per heavy atom. The van der Waals surface area contributed by atoms with Gasteiger partial charge in [-0.25, -0.2) is 8.42 Å². The molecule has 1 fully saturated rings. The third-order valence-electron chi connectivity index (χ3n) is 5.95. The fourth-order valence-electron chi connectivity index (χ4n) is 4.03. The summed E-state index contributed by atoms with van der Waals surface area (Å²) < 4.78 is 25.7. The summed E-state index contributed by atoms with van der Waals surface area (Å²) in [6.45, 7) is 7.84. The first-order chi connectivity index (χ1) is 12.8. The molecule has 146 valence electrons. The Hall–Kier alpha value is -1.85. The van der Waals surface area contributed by atoms with E-state index in [0.717, 1.165) is 32.5 Å². The zero-order valence-corrected chi connectivity index (χ0v) is 17.3. The summed E-state index contributed by atoms with van der Waals surface area (Å²) in [5.41, 5.74) is 3.30. The van der Waals surface area contributed by atoms with Gasteiger partial charge in [-0.1, -0.05) is 56.3 Å². The maximum absolute atomic E-state index is 11.5. The van der Waals surface area contributed by atoms with Crippen LogP contribution in [0.2, 0.25) is 0 Å². The smallest absolute Gasteiger partial charge is 0.229 e. The second-order valence-electron chi connectivity index (χ2n) is 8.06. The van der Waals surface area contributed by atoms with Gasteiger partial charge in [0.1, 0.15) is 0 Å². The lowest BCUT2D eigenvalue weighted by atomic mass is 9.68. The largest absolute Gasteiger partial charge is 0.303 e. The minimum Gasteiger partial charge on any atom is -0.303 e. The Morgan fingerprint density at radius 2 is 1.89 bits per heavy atom. The van der Waals surface area contributed by atoms with Crippen LogP contribution >= 0.6 is 0 Å². The maximum Gasteiger partial charge on any atom is 0.229 e. The van der Waals surface area contributed by atoms with Crippen molar-refractivity contribution in [1.29, 1.82) is 0 Å². The fourth-order valence-corrected chi connectivity index (χ4v) is 4.59. The average Bonchev–Trinajstić information content (AvgIpc) is 2.62. The first kappa shape index (κ1) is 19.9. The molecule has 2 aromatic carbocycles. The quantitative estimate of drug-likeness (QED) is 0.819. The van der Waals surface area contributed by atoms with Crippen LogP contribution in [0, 0.1) is 5.92 Å². The first-order valence-corrected chi connectivity index (χ1v) is 11.5. The highest BCUT2D eigenvalue weighted by molar-refractivity contribution is 7.92. The molecule has 5 heteroatoms. The molecule has 0 amide bonds. The predicted octanol–water partition coefficient (Wildman–Crippen LogP) is 3.90. The van der Waals surface area contributed by atoms with Crippen LogP contribution in [-0.4, -0.2) is 39.2 Å². The first-order valence-electron chi connectivity index (χ1n) is 9.61. The van der Waals surface area contributed by atoms with E-state index in [1.54, 1.807) is 0 Å². The standard InChI is InChI=1S/C22H30N2O2S/c1-18-17-24(14-12-19-8-5-4-6-9-19)15-13-22(18,2)20-10-7-11-21(16-20)23-27(3,25)26/h4-11,16,18,23H,12-15,17H2,1-3H3. The third-order valence-corrected chi connectivity index (χ3v) is 6.56. The number of rotatable bonds is 6. The Balaban J connectivity index is 1.66. The molecule has 0 radical (unpaired) electrons. The minimum atomic E-state index is -3.26. The van der Waals surface area contributed by atoms with E-state index in [-0.39, 0.29) is 5.41 Å². The summed E-state index contributed by atoms with van der Waals surface area (Å²) in [7, 11) is -3.26. The molecule has 0 spiro atoms. The van der Waals surface area contributed by atoms with Crippen LogP contribution in [-0.2, 0) is 21.9 Å². The second kappa shape index (κ2) is 8.03. The van der Waals surface area contributed by atoms with E-state index in [2.05, 4.69) is 59.9 Å². The summed E-state index contributed by atoms with van der Waals surface area (Å²) in [5.74, 6) is 0.496. The minimum absolute atomic E-state index is 0.0540. The van der Waals surface area contributed by atoms with Gasteiger partial charge in [0.05, 0.1) is 6.26 Å². The average molecular weight is 387 g/mol. The van der Waals surface area contributed by atoms with Crippen LogP contribution in [0.1, 0.15) is 31.4 Å².